The predicted molar refractivity (Wildman–Crippen MR) is 64.2 cm³/mol. The Morgan fingerprint density at radius 1 is 1.21 bits per heavy atom. The highest BCUT2D eigenvalue weighted by Gasteiger charge is 2.21. The van der Waals surface area contributed by atoms with Crippen molar-refractivity contribution >= 4 is 38.6 Å². The van der Waals surface area contributed by atoms with Crippen LogP contribution < -0.4 is 4.72 Å². The summed E-state index contributed by atoms with van der Waals surface area (Å²) in [5, 5.41) is 0. The third-order valence-electron chi connectivity index (χ3n) is 2.00. The fourth-order valence-electron chi connectivity index (χ4n) is 1.16. The molecule has 0 saturated heterocycles. The zero-order chi connectivity index (χ0) is 14.2. The summed E-state index contributed by atoms with van der Waals surface area (Å²) in [6, 6.07) is 1.38. The highest BCUT2D eigenvalue weighted by Crippen LogP contribution is 2.26. The summed E-state index contributed by atoms with van der Waals surface area (Å²) in [5.41, 5.74) is -0.705. The first-order valence-electron chi connectivity index (χ1n) is 4.59. The Balaban J connectivity index is 2.39. The van der Waals surface area contributed by atoms with E-state index in [2.05, 4.69) is 4.98 Å². The average molecular weight is 329 g/mol. The smallest absolute Gasteiger partial charge is 0.273 e. The topological polar surface area (TPSA) is 59.1 Å². The zero-order valence-electron chi connectivity index (χ0n) is 8.82. The van der Waals surface area contributed by atoms with Crippen LogP contribution in [0, 0.1) is 17.5 Å². The molecule has 102 valence electrons. The first-order chi connectivity index (χ1) is 8.81. The molecule has 4 nitrogen and oxygen atoms in total. The molecule has 0 radical (unpaired) electrons. The Hall–Kier alpha value is -1.32. The Bertz CT molecular complexity index is 733. The van der Waals surface area contributed by atoms with Crippen molar-refractivity contribution in [2.24, 2.45) is 0 Å². The number of anilines is 1. The van der Waals surface area contributed by atoms with Crippen molar-refractivity contribution in [1.29, 1.82) is 0 Å². The lowest BCUT2D eigenvalue weighted by atomic mass is 10.3. The standard InChI is InChI=1S/C9H4ClF3N2O2S2/c10-9-14-3-6(18-9)19(16,17)15-5-2-1-4(11)7(12)8(5)13/h1-3,15H. The zero-order valence-corrected chi connectivity index (χ0v) is 11.2. The van der Waals surface area contributed by atoms with Crippen molar-refractivity contribution in [1.82, 2.24) is 4.98 Å². The van der Waals surface area contributed by atoms with Crippen molar-refractivity contribution in [3.05, 3.63) is 40.2 Å². The number of aromatic nitrogens is 1. The molecule has 0 aliphatic carbocycles. The molecule has 2 rings (SSSR count). The summed E-state index contributed by atoms with van der Waals surface area (Å²) < 4.78 is 64.0. The van der Waals surface area contributed by atoms with Crippen molar-refractivity contribution in [2.45, 2.75) is 4.21 Å². The van der Waals surface area contributed by atoms with Gasteiger partial charge in [0.25, 0.3) is 10.0 Å². The Morgan fingerprint density at radius 2 is 1.89 bits per heavy atom. The van der Waals surface area contributed by atoms with Crippen molar-refractivity contribution in [3.63, 3.8) is 0 Å². The molecule has 2 aromatic rings. The number of hydrogen-bond acceptors (Lipinski definition) is 4. The van der Waals surface area contributed by atoms with Crippen LogP contribution in [0.4, 0.5) is 18.9 Å². The summed E-state index contributed by atoms with van der Waals surface area (Å²) in [7, 11) is -4.15. The van der Waals surface area contributed by atoms with E-state index in [1.807, 2.05) is 0 Å². The van der Waals surface area contributed by atoms with Gasteiger partial charge in [-0.25, -0.2) is 26.6 Å². The lowest BCUT2D eigenvalue weighted by Crippen LogP contribution is -2.13. The van der Waals surface area contributed by atoms with Crippen LogP contribution in [0.5, 0.6) is 0 Å². The highest BCUT2D eigenvalue weighted by molar-refractivity contribution is 7.94. The van der Waals surface area contributed by atoms with Gasteiger partial charge in [-0.05, 0) is 12.1 Å². The molecule has 0 atom stereocenters. The SMILES string of the molecule is O=S(=O)(Nc1ccc(F)c(F)c1F)c1cnc(Cl)s1. The second-order valence-corrected chi connectivity index (χ2v) is 6.78. The Kier molecular flexibility index (Phi) is 3.70. The summed E-state index contributed by atoms with van der Waals surface area (Å²) in [5.74, 6) is -4.80. The second-order valence-electron chi connectivity index (χ2n) is 3.26. The van der Waals surface area contributed by atoms with Crippen LogP contribution in [0.15, 0.2) is 22.5 Å². The van der Waals surface area contributed by atoms with Crippen LogP contribution in [0.1, 0.15) is 0 Å². The van der Waals surface area contributed by atoms with Gasteiger partial charge in [-0.2, -0.15) is 0 Å². The van der Waals surface area contributed by atoms with Crippen molar-refractivity contribution < 1.29 is 21.6 Å². The van der Waals surface area contributed by atoms with E-state index in [4.69, 9.17) is 11.6 Å². The minimum atomic E-state index is -4.15. The predicted octanol–water partition coefficient (Wildman–Crippen LogP) is 3.01. The number of nitrogens with one attached hydrogen (secondary N) is 1. The van der Waals surface area contributed by atoms with Crippen LogP contribution in [-0.2, 0) is 10.0 Å². The largest absolute Gasteiger partial charge is 0.276 e. The van der Waals surface area contributed by atoms with E-state index < -0.39 is 33.2 Å². The lowest BCUT2D eigenvalue weighted by Gasteiger charge is -2.07. The van der Waals surface area contributed by atoms with E-state index in [9.17, 15) is 21.6 Å². The Morgan fingerprint density at radius 3 is 2.47 bits per heavy atom. The molecule has 19 heavy (non-hydrogen) atoms. The van der Waals surface area contributed by atoms with E-state index in [1.165, 1.54) is 0 Å². The summed E-state index contributed by atoms with van der Waals surface area (Å²) in [4.78, 5) is 3.52. The van der Waals surface area contributed by atoms with Crippen LogP contribution in [0.25, 0.3) is 0 Å². The third kappa shape index (κ3) is 2.82. The monoisotopic (exact) mass is 328 g/mol. The second kappa shape index (κ2) is 4.99. The molecule has 1 heterocycles. The summed E-state index contributed by atoms with van der Waals surface area (Å²) in [6.07, 6.45) is 0.965. The Labute approximate surface area is 114 Å². The molecule has 1 aromatic heterocycles. The maximum absolute atomic E-state index is 13.3. The number of thiazole rings is 1. The molecule has 1 aromatic carbocycles. The quantitative estimate of drug-likeness (QED) is 0.881. The van der Waals surface area contributed by atoms with Gasteiger partial charge in [0.1, 0.15) is 0 Å². The van der Waals surface area contributed by atoms with Gasteiger partial charge in [0.05, 0.1) is 11.9 Å². The van der Waals surface area contributed by atoms with E-state index in [-0.39, 0.29) is 8.68 Å². The van der Waals surface area contributed by atoms with Crippen LogP contribution in [0.2, 0.25) is 4.47 Å². The van der Waals surface area contributed by atoms with Gasteiger partial charge in [0, 0.05) is 0 Å². The molecular weight excluding hydrogens is 325 g/mol. The van der Waals surface area contributed by atoms with E-state index in [1.54, 1.807) is 4.72 Å². The van der Waals surface area contributed by atoms with Crippen LogP contribution in [-0.4, -0.2) is 13.4 Å². The number of benzene rings is 1. The van der Waals surface area contributed by atoms with E-state index in [0.29, 0.717) is 17.4 Å². The molecule has 0 unspecified atom stereocenters. The summed E-state index contributed by atoms with van der Waals surface area (Å²) in [6.45, 7) is 0. The normalized spacial score (nSPS) is 11.6. The van der Waals surface area contributed by atoms with Gasteiger partial charge in [-0.1, -0.05) is 22.9 Å². The van der Waals surface area contributed by atoms with Gasteiger partial charge in [-0.15, -0.1) is 0 Å². The molecule has 1 N–H and O–H groups in total. The number of sulfonamides is 1. The molecule has 0 aliphatic heterocycles. The maximum atomic E-state index is 13.3. The number of nitrogens with zero attached hydrogens (tertiary/aromatic N) is 1. The minimum Gasteiger partial charge on any atom is -0.276 e. The molecule has 0 spiro atoms. The van der Waals surface area contributed by atoms with Crippen LogP contribution >= 0.6 is 22.9 Å². The van der Waals surface area contributed by atoms with Gasteiger partial charge in [-0.3, -0.25) is 4.72 Å². The molecular formula is C9H4ClF3N2O2S2. The molecule has 0 bridgehead atoms. The molecule has 0 amide bonds. The molecule has 10 heteroatoms. The summed E-state index contributed by atoms with van der Waals surface area (Å²) >= 11 is 6.12. The first kappa shape index (κ1) is 14.1. The minimum absolute atomic E-state index is 0.0221. The maximum Gasteiger partial charge on any atom is 0.273 e. The fourth-order valence-corrected chi connectivity index (χ4v) is 3.52. The number of rotatable bonds is 3. The van der Waals surface area contributed by atoms with Crippen LogP contribution in [0.3, 0.4) is 0 Å². The number of halogens is 4. The van der Waals surface area contributed by atoms with Crippen molar-refractivity contribution in [2.75, 3.05) is 4.72 Å². The van der Waals surface area contributed by atoms with E-state index in [0.717, 1.165) is 12.3 Å². The van der Waals surface area contributed by atoms with Crippen molar-refractivity contribution in [3.8, 4) is 0 Å². The fraction of sp³-hybridized carbons (Fsp3) is 0. The highest BCUT2D eigenvalue weighted by atomic mass is 35.5. The molecule has 0 saturated carbocycles. The lowest BCUT2D eigenvalue weighted by molar-refractivity contribution is 0.449. The average Bonchev–Trinajstić information content (AvgIpc) is 2.78. The van der Waals surface area contributed by atoms with Gasteiger partial charge in [0.15, 0.2) is 26.1 Å². The van der Waals surface area contributed by atoms with Gasteiger partial charge >= 0.3 is 0 Å². The third-order valence-corrected chi connectivity index (χ3v) is 4.94. The van der Waals surface area contributed by atoms with E-state index >= 15 is 0 Å². The molecule has 0 fully saturated rings. The van der Waals surface area contributed by atoms with Gasteiger partial charge in [0.2, 0.25) is 0 Å². The molecule has 0 aliphatic rings. The first-order valence-corrected chi connectivity index (χ1v) is 7.26. The van der Waals surface area contributed by atoms with Gasteiger partial charge < -0.3 is 0 Å². The number of hydrogen-bond donors (Lipinski definition) is 1.